The van der Waals surface area contributed by atoms with Crippen LogP contribution < -0.4 is 10.6 Å². The molecule has 0 aromatic rings. The third kappa shape index (κ3) is 8.80. The van der Waals surface area contributed by atoms with Gasteiger partial charge in [-0.2, -0.15) is 0 Å². The Bertz CT molecular complexity index is 510. The summed E-state index contributed by atoms with van der Waals surface area (Å²) in [5, 5.41) is 13.6. The normalized spacial score (nSPS) is 17.7. The molecule has 2 amide bonds. The molecule has 148 valence electrons. The van der Waals surface area contributed by atoms with Crippen LogP contribution in [0.4, 0.5) is 4.79 Å². The van der Waals surface area contributed by atoms with Crippen LogP contribution in [0.15, 0.2) is 0 Å². The molecule has 9 nitrogen and oxygen atoms in total. The fourth-order valence-corrected chi connectivity index (χ4v) is 2.55. The number of carboxylic acids is 1. The highest BCUT2D eigenvalue weighted by atomic mass is 16.6. The molecule has 0 bridgehead atoms. The monoisotopic (exact) mass is 372 g/mol. The highest BCUT2D eigenvalue weighted by Crippen LogP contribution is 2.21. The van der Waals surface area contributed by atoms with Crippen molar-refractivity contribution in [1.29, 1.82) is 0 Å². The Morgan fingerprint density at radius 3 is 2.35 bits per heavy atom. The summed E-state index contributed by atoms with van der Waals surface area (Å²) < 4.78 is 10.5. The average molecular weight is 372 g/mol. The van der Waals surface area contributed by atoms with Gasteiger partial charge in [-0.25, -0.2) is 4.79 Å². The second kappa shape index (κ2) is 10.1. The van der Waals surface area contributed by atoms with Gasteiger partial charge in [0.2, 0.25) is 5.91 Å². The molecule has 2 atom stereocenters. The van der Waals surface area contributed by atoms with Crippen molar-refractivity contribution >= 4 is 24.3 Å². The fraction of sp³-hybridized carbons (Fsp3) is 0.765. The van der Waals surface area contributed by atoms with Crippen molar-refractivity contribution < 1.29 is 33.8 Å². The first kappa shape index (κ1) is 21.9. The molecule has 0 unspecified atom stereocenters. The molecule has 0 aromatic heterocycles. The molecule has 1 aliphatic heterocycles. The number of amides is 2. The molecule has 1 fully saturated rings. The second-order valence-corrected chi connectivity index (χ2v) is 7.53. The molecule has 1 heterocycles. The summed E-state index contributed by atoms with van der Waals surface area (Å²) in [7, 11) is 0. The number of aldehydes is 1. The average Bonchev–Trinajstić information content (AvgIpc) is 2.52. The lowest BCUT2D eigenvalue weighted by Crippen LogP contribution is -2.52. The van der Waals surface area contributed by atoms with Crippen molar-refractivity contribution in [3.63, 3.8) is 0 Å². The Morgan fingerprint density at radius 1 is 1.23 bits per heavy atom. The molecule has 0 saturated carbocycles. The molecular formula is C17H28N2O7. The van der Waals surface area contributed by atoms with Crippen LogP contribution in [0.3, 0.4) is 0 Å². The second-order valence-electron chi connectivity index (χ2n) is 7.53. The maximum Gasteiger partial charge on any atom is 0.408 e. The first-order valence-corrected chi connectivity index (χ1v) is 8.63. The first-order valence-electron chi connectivity index (χ1n) is 8.63. The van der Waals surface area contributed by atoms with Gasteiger partial charge in [0.25, 0.3) is 0 Å². The number of alkyl carbamates (subject to hydrolysis) is 1. The van der Waals surface area contributed by atoms with Gasteiger partial charge >= 0.3 is 12.1 Å². The third-order valence-corrected chi connectivity index (χ3v) is 3.75. The number of carbonyl (C=O) groups excluding carboxylic acids is 3. The lowest BCUT2D eigenvalue weighted by atomic mass is 9.87. The van der Waals surface area contributed by atoms with E-state index in [4.69, 9.17) is 14.6 Å². The number of ether oxygens (including phenoxy) is 2. The van der Waals surface area contributed by atoms with Crippen molar-refractivity contribution in [3.8, 4) is 0 Å². The standard InChI is InChI=1S/C17H28N2O7/c1-17(2,3)9-13(15(23)18-11(10-20)8-14(21)22)19-16(24)26-12-4-6-25-7-5-12/h10-13H,4-9H2,1-3H3,(H,18,23)(H,19,24)(H,21,22)/t11-,13+/m1/s1. The van der Waals surface area contributed by atoms with E-state index in [2.05, 4.69) is 10.6 Å². The Morgan fingerprint density at radius 2 is 1.85 bits per heavy atom. The number of nitrogens with one attached hydrogen (secondary N) is 2. The lowest BCUT2D eigenvalue weighted by molar-refractivity contribution is -0.139. The quantitative estimate of drug-likeness (QED) is 0.538. The molecule has 0 aliphatic carbocycles. The van der Waals surface area contributed by atoms with E-state index in [1.807, 2.05) is 20.8 Å². The van der Waals surface area contributed by atoms with Crippen LogP contribution in [-0.2, 0) is 23.9 Å². The van der Waals surface area contributed by atoms with Gasteiger partial charge in [0.1, 0.15) is 18.4 Å². The largest absolute Gasteiger partial charge is 0.481 e. The minimum atomic E-state index is -1.21. The van der Waals surface area contributed by atoms with E-state index in [-0.39, 0.29) is 11.5 Å². The molecule has 9 heteroatoms. The maximum absolute atomic E-state index is 12.4. The van der Waals surface area contributed by atoms with Gasteiger partial charge in [0.05, 0.1) is 25.7 Å². The van der Waals surface area contributed by atoms with Gasteiger partial charge in [-0.05, 0) is 11.8 Å². The molecule has 1 saturated heterocycles. The van der Waals surface area contributed by atoms with Crippen molar-refractivity contribution in [2.45, 2.75) is 64.6 Å². The number of aliphatic carboxylic acids is 1. The van der Waals surface area contributed by atoms with E-state index < -0.39 is 36.5 Å². The SMILES string of the molecule is CC(C)(C)C[C@H](NC(=O)OC1CCOCC1)C(=O)N[C@@H](C=O)CC(=O)O. The van der Waals surface area contributed by atoms with Crippen molar-refractivity contribution in [2.75, 3.05) is 13.2 Å². The van der Waals surface area contributed by atoms with Crippen LogP contribution >= 0.6 is 0 Å². The summed E-state index contributed by atoms with van der Waals surface area (Å²) in [5.41, 5.74) is -0.294. The number of hydrogen-bond donors (Lipinski definition) is 3. The first-order chi connectivity index (χ1) is 12.1. The molecule has 0 spiro atoms. The highest BCUT2D eigenvalue weighted by Gasteiger charge is 2.30. The maximum atomic E-state index is 12.4. The number of hydrogen-bond acceptors (Lipinski definition) is 6. The number of carboxylic acid groups (broad SMARTS) is 1. The molecule has 0 radical (unpaired) electrons. The highest BCUT2D eigenvalue weighted by molar-refractivity contribution is 5.88. The van der Waals surface area contributed by atoms with E-state index in [0.717, 1.165) is 0 Å². The summed E-state index contributed by atoms with van der Waals surface area (Å²) in [6, 6.07) is -2.10. The number of carbonyl (C=O) groups is 4. The topological polar surface area (TPSA) is 131 Å². The smallest absolute Gasteiger partial charge is 0.408 e. The van der Waals surface area contributed by atoms with Crippen LogP contribution in [0.5, 0.6) is 0 Å². The lowest BCUT2D eigenvalue weighted by Gasteiger charge is -2.28. The van der Waals surface area contributed by atoms with E-state index in [0.29, 0.717) is 38.8 Å². The van der Waals surface area contributed by atoms with Crippen LogP contribution in [0.25, 0.3) is 0 Å². The van der Waals surface area contributed by atoms with E-state index in [1.165, 1.54) is 0 Å². The fourth-order valence-electron chi connectivity index (χ4n) is 2.55. The van der Waals surface area contributed by atoms with Gasteiger partial charge in [0, 0.05) is 12.8 Å². The predicted molar refractivity (Wildman–Crippen MR) is 91.6 cm³/mol. The summed E-state index contributed by atoms with van der Waals surface area (Å²) >= 11 is 0. The summed E-state index contributed by atoms with van der Waals surface area (Å²) in [5.74, 6) is -1.83. The Kier molecular flexibility index (Phi) is 8.50. The van der Waals surface area contributed by atoms with E-state index in [1.54, 1.807) is 0 Å². The Balaban J connectivity index is 2.69. The van der Waals surface area contributed by atoms with Crippen LogP contribution in [0.1, 0.15) is 46.5 Å². The Hall–Kier alpha value is -2.16. The number of rotatable bonds is 8. The Labute approximate surface area is 152 Å². The van der Waals surface area contributed by atoms with Crippen molar-refractivity contribution in [2.24, 2.45) is 5.41 Å². The van der Waals surface area contributed by atoms with Crippen LogP contribution in [-0.4, -0.2) is 60.8 Å². The van der Waals surface area contributed by atoms with Gasteiger partial charge in [-0.15, -0.1) is 0 Å². The molecule has 0 aromatic carbocycles. The zero-order valence-corrected chi connectivity index (χ0v) is 15.4. The zero-order valence-electron chi connectivity index (χ0n) is 15.4. The van der Waals surface area contributed by atoms with Gasteiger partial charge in [-0.1, -0.05) is 20.8 Å². The summed E-state index contributed by atoms with van der Waals surface area (Å²) in [6.07, 6.45) is 0.328. The molecule has 3 N–H and O–H groups in total. The van der Waals surface area contributed by atoms with Crippen molar-refractivity contribution in [1.82, 2.24) is 10.6 Å². The van der Waals surface area contributed by atoms with Gasteiger partial charge < -0.3 is 30.0 Å². The predicted octanol–water partition coefficient (Wildman–Crippen LogP) is 0.855. The molecule has 1 aliphatic rings. The molecule has 26 heavy (non-hydrogen) atoms. The van der Waals surface area contributed by atoms with Crippen LogP contribution in [0.2, 0.25) is 0 Å². The van der Waals surface area contributed by atoms with Gasteiger partial charge in [-0.3, -0.25) is 9.59 Å². The van der Waals surface area contributed by atoms with Crippen molar-refractivity contribution in [3.05, 3.63) is 0 Å². The summed E-state index contributed by atoms with van der Waals surface area (Å²) in [4.78, 5) is 46.3. The minimum Gasteiger partial charge on any atom is -0.481 e. The third-order valence-electron chi connectivity index (χ3n) is 3.75. The summed E-state index contributed by atoms with van der Waals surface area (Å²) in [6.45, 7) is 6.72. The molecular weight excluding hydrogens is 344 g/mol. The van der Waals surface area contributed by atoms with E-state index in [9.17, 15) is 19.2 Å². The molecule has 1 rings (SSSR count). The van der Waals surface area contributed by atoms with Gasteiger partial charge in [0.15, 0.2) is 0 Å². The zero-order chi connectivity index (χ0) is 19.7. The van der Waals surface area contributed by atoms with Crippen LogP contribution in [0, 0.1) is 5.41 Å². The minimum absolute atomic E-state index is 0.267. The van der Waals surface area contributed by atoms with E-state index >= 15 is 0 Å².